The van der Waals surface area contributed by atoms with Crippen LogP contribution in [0.2, 0.25) is 0 Å². The third kappa shape index (κ3) is 20.9. The van der Waals surface area contributed by atoms with E-state index in [-0.39, 0.29) is 32.7 Å². The summed E-state index contributed by atoms with van der Waals surface area (Å²) in [6.07, 6.45) is 0.142. The van der Waals surface area contributed by atoms with E-state index < -0.39 is 40.0 Å². The van der Waals surface area contributed by atoms with Gasteiger partial charge in [0.25, 0.3) is 5.85 Å². The lowest BCUT2D eigenvalue weighted by Crippen LogP contribution is -2.30. The topological polar surface area (TPSA) is 170 Å². The molecule has 15 heteroatoms. The fraction of sp³-hybridized carbons (Fsp3) is 0.778. The molecule has 0 saturated carbocycles. The fourth-order valence-electron chi connectivity index (χ4n) is 1.58. The number of hydrogen-bond donors (Lipinski definition) is 1. The first-order chi connectivity index (χ1) is 15.5. The Hall–Kier alpha value is -1.46. The van der Waals surface area contributed by atoms with E-state index in [1.54, 1.807) is 27.7 Å². The Bertz CT molecular complexity index is 570. The van der Waals surface area contributed by atoms with Gasteiger partial charge in [-0.2, -0.15) is 0 Å². The zero-order chi connectivity index (χ0) is 26.3. The average molecular weight is 522 g/mol. The number of aldehydes is 1. The Balaban J connectivity index is -0.000000493. The van der Waals surface area contributed by atoms with Gasteiger partial charge in [0.1, 0.15) is 0 Å². The molecule has 196 valence electrons. The van der Waals surface area contributed by atoms with Crippen molar-refractivity contribution in [1.82, 2.24) is 0 Å². The van der Waals surface area contributed by atoms with Crippen LogP contribution in [0.4, 0.5) is 0 Å². The Morgan fingerprint density at radius 2 is 1.30 bits per heavy atom. The van der Waals surface area contributed by atoms with Crippen molar-refractivity contribution in [3.8, 4) is 0 Å². The smallest absolute Gasteiger partial charge is 0.382 e. The maximum Gasteiger partial charge on any atom is 0.382 e. The lowest BCUT2D eigenvalue weighted by molar-refractivity contribution is -0.161. The lowest BCUT2D eigenvalue weighted by atomic mass is 10.7. The highest BCUT2D eigenvalue weighted by Gasteiger charge is 2.45. The molecule has 0 aromatic rings. The lowest BCUT2D eigenvalue weighted by Gasteiger charge is -2.23. The van der Waals surface area contributed by atoms with Gasteiger partial charge in [0.15, 0.2) is 0 Å². The van der Waals surface area contributed by atoms with Crippen LogP contribution in [0.1, 0.15) is 48.5 Å². The maximum atomic E-state index is 12.3. The quantitative estimate of drug-likeness (QED) is 0.116. The Morgan fingerprint density at radius 3 is 1.58 bits per heavy atom. The minimum Gasteiger partial charge on any atom is -0.463 e. The summed E-state index contributed by atoms with van der Waals surface area (Å²) in [5.74, 6) is -4.21. The molecule has 0 aliphatic heterocycles. The van der Waals surface area contributed by atoms with E-state index in [1.807, 2.05) is 13.8 Å². The van der Waals surface area contributed by atoms with Crippen molar-refractivity contribution in [2.45, 2.75) is 54.3 Å². The van der Waals surface area contributed by atoms with Gasteiger partial charge >= 0.3 is 34.1 Å². The molecule has 1 N–H and O–H groups in total. The monoisotopic (exact) mass is 522 g/mol. The van der Waals surface area contributed by atoms with Gasteiger partial charge in [-0.05, 0) is 41.5 Å². The van der Waals surface area contributed by atoms with Gasteiger partial charge in [0.05, 0.1) is 39.6 Å². The molecule has 1 atom stereocenters. The highest BCUT2D eigenvalue weighted by molar-refractivity contribution is 7.55. The van der Waals surface area contributed by atoms with Crippen molar-refractivity contribution in [1.29, 1.82) is 0 Å². The molecule has 0 saturated heterocycles. The van der Waals surface area contributed by atoms with Gasteiger partial charge in [-0.1, -0.05) is 0 Å². The normalized spacial score (nSPS) is 11.2. The van der Waals surface area contributed by atoms with Gasteiger partial charge in [-0.15, -0.1) is 0 Å². The minimum atomic E-state index is -3.89. The van der Waals surface area contributed by atoms with Crippen LogP contribution in [0, 0.1) is 0 Å². The number of carbonyl (C=O) groups excluding carboxylic acids is 4. The van der Waals surface area contributed by atoms with Crippen molar-refractivity contribution >= 4 is 40.4 Å². The van der Waals surface area contributed by atoms with E-state index in [4.69, 9.17) is 23.4 Å². The van der Waals surface area contributed by atoms with Crippen molar-refractivity contribution in [3.05, 3.63) is 0 Å². The average Bonchev–Trinajstić information content (AvgIpc) is 2.74. The molecule has 0 heterocycles. The summed E-state index contributed by atoms with van der Waals surface area (Å²) in [7, 11) is -5.47. The number of ether oxygens (including phenoxy) is 3. The first-order valence-corrected chi connectivity index (χ1v) is 12.9. The Kier molecular flexibility index (Phi) is 25.9. The van der Waals surface area contributed by atoms with Crippen LogP contribution in [0.5, 0.6) is 0 Å². The summed E-state index contributed by atoms with van der Waals surface area (Å²) < 4.78 is 45.2. The summed E-state index contributed by atoms with van der Waals surface area (Å²) >= 11 is 0. The molecular formula is C18H36O13P2. The number of hydrogen-bond acceptors (Lipinski definition) is 13. The summed E-state index contributed by atoms with van der Waals surface area (Å²) in [5, 5.41) is 0. The van der Waals surface area contributed by atoms with E-state index in [2.05, 4.69) is 13.8 Å². The number of carbonyl (C=O) groups is 4. The van der Waals surface area contributed by atoms with Crippen molar-refractivity contribution in [3.63, 3.8) is 0 Å². The highest BCUT2D eigenvalue weighted by atomic mass is 31.2. The third-order valence-electron chi connectivity index (χ3n) is 2.53. The van der Waals surface area contributed by atoms with Gasteiger partial charge in [-0.3, -0.25) is 14.2 Å². The van der Waals surface area contributed by atoms with E-state index in [0.29, 0.717) is 13.2 Å². The van der Waals surface area contributed by atoms with E-state index in [0.717, 1.165) is 6.92 Å². The van der Waals surface area contributed by atoms with E-state index in [9.17, 15) is 23.7 Å². The molecule has 0 amide bonds. The van der Waals surface area contributed by atoms with Crippen LogP contribution in [0.25, 0.3) is 0 Å². The summed E-state index contributed by atoms with van der Waals surface area (Å²) in [4.78, 5) is 50.5. The highest BCUT2D eigenvalue weighted by Crippen LogP contribution is 2.53. The molecule has 0 aromatic heterocycles. The summed E-state index contributed by atoms with van der Waals surface area (Å²) in [5.41, 5.74) is 0. The van der Waals surface area contributed by atoms with Crippen LogP contribution in [-0.4, -0.2) is 74.6 Å². The molecule has 0 radical (unpaired) electrons. The van der Waals surface area contributed by atoms with Crippen molar-refractivity contribution < 1.29 is 60.9 Å². The zero-order valence-electron chi connectivity index (χ0n) is 20.1. The molecule has 13 nitrogen and oxygen atoms in total. The molecule has 1 unspecified atom stereocenters. The predicted octanol–water partition coefficient (Wildman–Crippen LogP) is 2.73. The summed E-state index contributed by atoms with van der Waals surface area (Å²) in [6.45, 7) is 12.5. The molecule has 0 spiro atoms. The second-order valence-electron chi connectivity index (χ2n) is 5.03. The van der Waals surface area contributed by atoms with Crippen LogP contribution >= 0.6 is 16.2 Å². The third-order valence-corrected chi connectivity index (χ3v) is 5.62. The minimum absolute atomic E-state index is 0.0500. The van der Waals surface area contributed by atoms with Crippen LogP contribution in [0.3, 0.4) is 0 Å². The van der Waals surface area contributed by atoms with E-state index >= 15 is 0 Å². The van der Waals surface area contributed by atoms with Gasteiger partial charge in [0.2, 0.25) is 6.29 Å². The SMILES string of the molecule is CCOC(=O)C(OC(C)=O)P(=O)(OCC)OCC.CCOC(=O)C=O.CCOP(O)OCC. The number of esters is 3. The van der Waals surface area contributed by atoms with Crippen LogP contribution in [-0.2, 0) is 56.0 Å². The second-order valence-corrected chi connectivity index (χ2v) is 8.09. The molecule has 0 bridgehead atoms. The molecule has 0 aromatic carbocycles. The zero-order valence-corrected chi connectivity index (χ0v) is 21.9. The number of rotatable bonds is 14. The van der Waals surface area contributed by atoms with E-state index in [1.165, 1.54) is 0 Å². The second kappa shape index (κ2) is 23.7. The molecule has 0 rings (SSSR count). The maximum absolute atomic E-state index is 12.3. The first-order valence-electron chi connectivity index (χ1n) is 10.1. The van der Waals surface area contributed by atoms with Gasteiger partial charge < -0.3 is 37.2 Å². The molecule has 0 aliphatic carbocycles. The van der Waals surface area contributed by atoms with Gasteiger partial charge in [0, 0.05) is 6.92 Å². The summed E-state index contributed by atoms with van der Waals surface area (Å²) in [6, 6.07) is 0. The van der Waals surface area contributed by atoms with Crippen LogP contribution < -0.4 is 0 Å². The Labute approximate surface area is 195 Å². The first kappa shape index (κ1) is 36.1. The molecule has 33 heavy (non-hydrogen) atoms. The standard InChI is InChI=1S/C10H19O7P.C4H11O3P.C4H6O3/c1-5-14-9(12)10(17-8(4)11)18(13,15-6-2)16-7-3;1-3-6-8(5)7-4-2;1-2-7-4(6)3-5/h10H,5-7H2,1-4H3;5H,3-4H2,1-2H3;3H,2H2,1H3. The Morgan fingerprint density at radius 1 is 0.848 bits per heavy atom. The largest absolute Gasteiger partial charge is 0.463 e. The molecule has 0 aliphatic rings. The fourth-order valence-corrected chi connectivity index (χ4v) is 3.77. The molecular weight excluding hydrogens is 486 g/mol. The van der Waals surface area contributed by atoms with Crippen LogP contribution in [0.15, 0.2) is 0 Å². The van der Waals surface area contributed by atoms with Crippen molar-refractivity contribution in [2.24, 2.45) is 0 Å². The molecule has 0 fully saturated rings. The van der Waals surface area contributed by atoms with Crippen molar-refractivity contribution in [2.75, 3.05) is 39.6 Å². The predicted molar refractivity (Wildman–Crippen MR) is 118 cm³/mol. The van der Waals surface area contributed by atoms with Gasteiger partial charge in [-0.25, -0.2) is 9.59 Å².